The van der Waals surface area contributed by atoms with Crippen molar-refractivity contribution in [1.29, 1.82) is 0 Å². The summed E-state index contributed by atoms with van der Waals surface area (Å²) in [4.78, 5) is 0. The van der Waals surface area contributed by atoms with Crippen LogP contribution in [0.3, 0.4) is 0 Å². The van der Waals surface area contributed by atoms with Crippen LogP contribution in [0.5, 0.6) is 0 Å². The molecule has 8 aromatic rings. The molecule has 0 saturated heterocycles. The standard InChI is InChI=1S/C24H19OP.C18H14BrOP.C6H7BO2/c25-26(22-12-6-2-7-13-22,23-14-8-3-9-15-23)24-18-16-21(17-19-24)20-10-4-1-5-11-20;19-15-11-13-18(14-12-15)21(20,16-7-3-1-4-8-16)17-9-5-2-6-10-17;8-7(9)6-4-2-1-3-5-6/h1-19H;1-14H;1-5,8-9H. The van der Waals surface area contributed by atoms with E-state index in [-0.39, 0.29) is 0 Å². The summed E-state index contributed by atoms with van der Waals surface area (Å²) in [6.07, 6.45) is 0. The minimum atomic E-state index is -2.89. The van der Waals surface area contributed by atoms with Gasteiger partial charge in [-0.25, -0.2) is 0 Å². The van der Waals surface area contributed by atoms with Crippen LogP contribution in [0, 0.1) is 0 Å². The molecule has 8 heteroatoms. The topological polar surface area (TPSA) is 74.6 Å². The molecule has 0 bridgehead atoms. The molecule has 276 valence electrons. The van der Waals surface area contributed by atoms with E-state index >= 15 is 0 Å². The largest absolute Gasteiger partial charge is 0.488 e. The molecule has 56 heavy (non-hydrogen) atoms. The van der Waals surface area contributed by atoms with Gasteiger partial charge in [-0.05, 0) is 40.9 Å². The predicted molar refractivity (Wildman–Crippen MR) is 241 cm³/mol. The molecule has 0 aliphatic rings. The quantitative estimate of drug-likeness (QED) is 0.119. The summed E-state index contributed by atoms with van der Waals surface area (Å²) < 4.78 is 29.2. The van der Waals surface area contributed by atoms with E-state index < -0.39 is 21.4 Å². The molecule has 0 aliphatic heterocycles. The number of benzene rings is 8. The predicted octanol–water partition coefficient (Wildman–Crippen LogP) is 8.45. The fraction of sp³-hybridized carbons (Fsp3) is 0. The van der Waals surface area contributed by atoms with Crippen LogP contribution < -0.4 is 37.3 Å². The fourth-order valence-electron chi connectivity index (χ4n) is 6.22. The molecule has 0 aliphatic carbocycles. The molecular weight excluding hydrogens is 793 g/mol. The number of rotatable bonds is 8. The van der Waals surface area contributed by atoms with Gasteiger partial charge in [-0.1, -0.05) is 222 Å². The average molecular weight is 834 g/mol. The highest BCUT2D eigenvalue weighted by Gasteiger charge is 2.30. The van der Waals surface area contributed by atoms with Gasteiger partial charge >= 0.3 is 7.12 Å². The van der Waals surface area contributed by atoms with Gasteiger partial charge in [0.2, 0.25) is 0 Å². The zero-order valence-corrected chi connectivity index (χ0v) is 33.9. The molecular formula is C48H40BBrO4P2. The molecule has 0 radical (unpaired) electrons. The third-order valence-corrected chi connectivity index (χ3v) is 15.8. The molecule has 4 nitrogen and oxygen atoms in total. The van der Waals surface area contributed by atoms with Crippen LogP contribution in [0.4, 0.5) is 0 Å². The first-order valence-electron chi connectivity index (χ1n) is 18.1. The van der Waals surface area contributed by atoms with Crippen molar-refractivity contribution in [3.05, 3.63) is 235 Å². The summed E-state index contributed by atoms with van der Waals surface area (Å²) in [7, 11) is -7.05. The lowest BCUT2D eigenvalue weighted by Gasteiger charge is -2.20. The molecule has 0 atom stereocenters. The van der Waals surface area contributed by atoms with Gasteiger partial charge in [-0.15, -0.1) is 0 Å². The monoisotopic (exact) mass is 832 g/mol. The highest BCUT2D eigenvalue weighted by atomic mass is 79.9. The van der Waals surface area contributed by atoms with Gasteiger partial charge in [0.1, 0.15) is 0 Å². The number of hydrogen-bond acceptors (Lipinski definition) is 4. The van der Waals surface area contributed by atoms with E-state index in [2.05, 4.69) is 40.2 Å². The van der Waals surface area contributed by atoms with Crippen molar-refractivity contribution in [1.82, 2.24) is 0 Å². The molecule has 0 saturated carbocycles. The Bertz CT molecular complexity index is 2390. The van der Waals surface area contributed by atoms with Crippen molar-refractivity contribution in [2.24, 2.45) is 0 Å². The first-order valence-corrected chi connectivity index (χ1v) is 22.3. The molecule has 8 rings (SSSR count). The van der Waals surface area contributed by atoms with Crippen molar-refractivity contribution in [3.8, 4) is 11.1 Å². The summed E-state index contributed by atoms with van der Waals surface area (Å²) in [5.41, 5.74) is 2.81. The van der Waals surface area contributed by atoms with E-state index in [1.807, 2.05) is 182 Å². The zero-order chi connectivity index (χ0) is 39.2. The number of halogens is 1. The van der Waals surface area contributed by atoms with Crippen LogP contribution in [0.15, 0.2) is 235 Å². The maximum atomic E-state index is 14.3. The second-order valence-corrected chi connectivity index (χ2v) is 19.2. The minimum absolute atomic E-state index is 0.525. The van der Waals surface area contributed by atoms with Crippen molar-refractivity contribution in [3.63, 3.8) is 0 Å². The molecule has 0 aromatic heterocycles. The van der Waals surface area contributed by atoms with Gasteiger partial charge < -0.3 is 19.2 Å². The van der Waals surface area contributed by atoms with Crippen molar-refractivity contribution in [2.45, 2.75) is 0 Å². The summed E-state index contributed by atoms with van der Waals surface area (Å²) >= 11 is 3.43. The normalized spacial score (nSPS) is 10.9. The highest BCUT2D eigenvalue weighted by molar-refractivity contribution is 9.10. The van der Waals surface area contributed by atoms with E-state index in [0.717, 1.165) is 47.4 Å². The molecule has 8 aromatic carbocycles. The van der Waals surface area contributed by atoms with Gasteiger partial charge in [0.05, 0.1) is 0 Å². The third-order valence-electron chi connectivity index (χ3n) is 9.11. The lowest BCUT2D eigenvalue weighted by Crippen LogP contribution is -2.29. The minimum Gasteiger partial charge on any atom is -0.423 e. The Morgan fingerprint density at radius 3 is 0.875 bits per heavy atom. The van der Waals surface area contributed by atoms with Crippen molar-refractivity contribution >= 4 is 74.6 Å². The summed E-state index contributed by atoms with van der Waals surface area (Å²) in [5.74, 6) is 0. The van der Waals surface area contributed by atoms with Crippen LogP contribution >= 0.6 is 30.2 Å². The van der Waals surface area contributed by atoms with Crippen LogP contribution in [0.1, 0.15) is 0 Å². The Morgan fingerprint density at radius 1 is 0.321 bits per heavy atom. The van der Waals surface area contributed by atoms with Crippen LogP contribution in [0.2, 0.25) is 0 Å². The first-order chi connectivity index (χ1) is 27.3. The number of hydrogen-bond donors (Lipinski definition) is 2. The molecule has 0 unspecified atom stereocenters. The van der Waals surface area contributed by atoms with E-state index in [9.17, 15) is 9.13 Å². The smallest absolute Gasteiger partial charge is 0.423 e. The second kappa shape index (κ2) is 19.5. The summed E-state index contributed by atoms with van der Waals surface area (Å²) in [6, 6.07) is 73.7. The fourth-order valence-corrected chi connectivity index (χ4v) is 11.8. The Labute approximate surface area is 338 Å². The van der Waals surface area contributed by atoms with Gasteiger partial charge in [0, 0.05) is 36.3 Å². The second-order valence-electron chi connectivity index (χ2n) is 12.7. The average Bonchev–Trinajstić information content (AvgIpc) is 3.28. The Hall–Kier alpha value is -5.32. The molecule has 2 N–H and O–H groups in total. The van der Waals surface area contributed by atoms with Crippen molar-refractivity contribution < 1.29 is 19.2 Å². The molecule has 0 heterocycles. The van der Waals surface area contributed by atoms with Gasteiger partial charge in [-0.3, -0.25) is 0 Å². The Morgan fingerprint density at radius 2 is 0.571 bits per heavy atom. The molecule has 0 spiro atoms. The maximum Gasteiger partial charge on any atom is 0.488 e. The third kappa shape index (κ3) is 9.73. The van der Waals surface area contributed by atoms with E-state index in [0.29, 0.717) is 5.46 Å². The lowest BCUT2D eigenvalue weighted by molar-refractivity contribution is 0.426. The van der Waals surface area contributed by atoms with Crippen LogP contribution in [-0.2, 0) is 9.13 Å². The van der Waals surface area contributed by atoms with Crippen LogP contribution in [0.25, 0.3) is 11.1 Å². The molecule has 0 fully saturated rings. The Balaban J connectivity index is 0.000000158. The maximum absolute atomic E-state index is 14.3. The van der Waals surface area contributed by atoms with Crippen molar-refractivity contribution in [2.75, 3.05) is 0 Å². The van der Waals surface area contributed by atoms with E-state index in [4.69, 9.17) is 10.0 Å². The zero-order valence-electron chi connectivity index (χ0n) is 30.5. The van der Waals surface area contributed by atoms with E-state index in [1.165, 1.54) is 0 Å². The summed E-state index contributed by atoms with van der Waals surface area (Å²) in [5, 5.41) is 22.3. The molecule has 0 amide bonds. The highest BCUT2D eigenvalue weighted by Crippen LogP contribution is 2.43. The van der Waals surface area contributed by atoms with Crippen LogP contribution in [-0.4, -0.2) is 17.2 Å². The Kier molecular flexibility index (Phi) is 14.1. The van der Waals surface area contributed by atoms with Gasteiger partial charge in [-0.2, -0.15) is 0 Å². The lowest BCUT2D eigenvalue weighted by atomic mass is 9.81. The SMILES string of the molecule is O=P(c1ccccc1)(c1ccccc1)c1ccc(-c2ccccc2)cc1.O=P(c1ccccc1)(c1ccccc1)c1ccc(Br)cc1.OB(O)c1ccccc1. The summed E-state index contributed by atoms with van der Waals surface area (Å²) in [6.45, 7) is 0. The van der Waals surface area contributed by atoms with Gasteiger partial charge in [0.25, 0.3) is 0 Å². The van der Waals surface area contributed by atoms with E-state index in [1.54, 1.807) is 24.3 Å². The first kappa shape index (κ1) is 40.4. The van der Waals surface area contributed by atoms with Gasteiger partial charge in [0.15, 0.2) is 14.3 Å².